The molecule has 1 aromatic carbocycles. The van der Waals surface area contributed by atoms with Crippen LogP contribution in [0.15, 0.2) is 41.1 Å². The maximum atomic E-state index is 12.1. The number of amides is 1. The number of aryl methyl sites for hydroxylation is 1. The predicted octanol–water partition coefficient (Wildman–Crippen LogP) is 3.01. The minimum atomic E-state index is -3.12. The average Bonchev–Trinajstić information content (AvgIpc) is 3.05. The number of hydrogen-bond donors (Lipinski definition) is 1. The second-order valence-electron chi connectivity index (χ2n) is 5.50. The van der Waals surface area contributed by atoms with Crippen LogP contribution in [0.4, 0.5) is 5.69 Å². The number of carbonyl (C=O) groups excluding carboxylic acids is 1. The van der Waals surface area contributed by atoms with Crippen LogP contribution in [0.2, 0.25) is 0 Å². The van der Waals surface area contributed by atoms with Crippen molar-refractivity contribution in [1.82, 2.24) is 4.98 Å². The van der Waals surface area contributed by atoms with E-state index in [0.29, 0.717) is 5.69 Å². The maximum Gasteiger partial charge on any atom is 0.224 e. The minimum Gasteiger partial charge on any atom is -0.326 e. The molecule has 0 aliphatic carbocycles. The third-order valence-electron chi connectivity index (χ3n) is 3.51. The lowest BCUT2D eigenvalue weighted by atomic mass is 10.1. The molecule has 1 aromatic heterocycles. The summed E-state index contributed by atoms with van der Waals surface area (Å²) in [4.78, 5) is 16.5. The monoisotopic (exact) mass is 348 g/mol. The molecule has 1 aliphatic rings. The second-order valence-corrected chi connectivity index (χ2v) is 8.50. The van der Waals surface area contributed by atoms with E-state index in [0.717, 1.165) is 16.3 Å². The number of hydrogen-bond acceptors (Lipinski definition) is 5. The van der Waals surface area contributed by atoms with Gasteiger partial charge in [-0.2, -0.15) is 0 Å². The molecule has 0 bridgehead atoms. The molecule has 120 valence electrons. The molecule has 2 heterocycles. The molecule has 0 saturated heterocycles. The van der Waals surface area contributed by atoms with Crippen LogP contribution in [0.25, 0.3) is 11.3 Å². The molecule has 0 fully saturated rings. The molecule has 1 aliphatic heterocycles. The van der Waals surface area contributed by atoms with Gasteiger partial charge in [0.1, 0.15) is 0 Å². The molecule has 7 heteroatoms. The predicted molar refractivity (Wildman–Crippen MR) is 92.0 cm³/mol. The zero-order chi connectivity index (χ0) is 16.4. The first-order valence-electron chi connectivity index (χ1n) is 7.15. The summed E-state index contributed by atoms with van der Waals surface area (Å²) in [5, 5.41) is 6.98. The van der Waals surface area contributed by atoms with Crippen molar-refractivity contribution in [2.45, 2.75) is 13.3 Å². The first-order chi connectivity index (χ1) is 10.9. The highest BCUT2D eigenvalue weighted by atomic mass is 32.2. The number of nitrogens with zero attached hydrogens (tertiary/aromatic N) is 1. The molecular weight excluding hydrogens is 332 g/mol. The quantitative estimate of drug-likeness (QED) is 0.921. The van der Waals surface area contributed by atoms with Crippen molar-refractivity contribution < 1.29 is 13.2 Å². The third kappa shape index (κ3) is 4.05. The number of sulfone groups is 1. The van der Waals surface area contributed by atoms with Crippen molar-refractivity contribution >= 4 is 32.8 Å². The van der Waals surface area contributed by atoms with Gasteiger partial charge in [-0.1, -0.05) is 18.2 Å². The fourth-order valence-electron chi connectivity index (χ4n) is 2.47. The van der Waals surface area contributed by atoms with Gasteiger partial charge in [0.2, 0.25) is 5.91 Å². The van der Waals surface area contributed by atoms with Crippen LogP contribution in [0.1, 0.15) is 11.4 Å². The number of aromatic nitrogens is 1. The standard InChI is InChI=1S/C16H16N2O3S2/c1-11-17-15(9-22-11)13-3-2-4-14(8-13)18-16(19)7-12-5-6-23(20,21)10-12/h2-6,8-9,12H,7,10H2,1H3,(H,18,19)/t12-/m0/s1. The zero-order valence-corrected chi connectivity index (χ0v) is 14.2. The van der Waals surface area contributed by atoms with Crippen LogP contribution in [0.3, 0.4) is 0 Å². The van der Waals surface area contributed by atoms with Gasteiger partial charge in [0.05, 0.1) is 16.5 Å². The zero-order valence-electron chi connectivity index (χ0n) is 12.5. The van der Waals surface area contributed by atoms with Crippen molar-refractivity contribution in [3.8, 4) is 11.3 Å². The smallest absolute Gasteiger partial charge is 0.224 e. The lowest BCUT2D eigenvalue weighted by Gasteiger charge is -2.09. The molecule has 0 saturated carbocycles. The van der Waals surface area contributed by atoms with Crippen LogP contribution in [0.5, 0.6) is 0 Å². The largest absolute Gasteiger partial charge is 0.326 e. The first kappa shape index (κ1) is 15.9. The fraction of sp³-hybridized carbons (Fsp3) is 0.250. The highest BCUT2D eigenvalue weighted by Crippen LogP contribution is 2.25. The van der Waals surface area contributed by atoms with Gasteiger partial charge < -0.3 is 5.32 Å². The van der Waals surface area contributed by atoms with E-state index in [-0.39, 0.29) is 24.0 Å². The van der Waals surface area contributed by atoms with Gasteiger partial charge in [-0.3, -0.25) is 4.79 Å². The Morgan fingerprint density at radius 2 is 2.26 bits per heavy atom. The van der Waals surface area contributed by atoms with Crippen molar-refractivity contribution in [1.29, 1.82) is 0 Å². The summed E-state index contributed by atoms with van der Waals surface area (Å²) in [5.74, 6) is -0.425. The summed E-state index contributed by atoms with van der Waals surface area (Å²) in [5.41, 5.74) is 2.51. The van der Waals surface area contributed by atoms with Crippen molar-refractivity contribution in [2.24, 2.45) is 5.92 Å². The average molecular weight is 348 g/mol. The van der Waals surface area contributed by atoms with Gasteiger partial charge in [0.25, 0.3) is 0 Å². The van der Waals surface area contributed by atoms with Gasteiger partial charge >= 0.3 is 0 Å². The summed E-state index contributed by atoms with van der Waals surface area (Å²) < 4.78 is 22.7. The van der Waals surface area contributed by atoms with E-state index in [1.807, 2.05) is 36.6 Å². The van der Waals surface area contributed by atoms with Crippen molar-refractivity contribution in [3.63, 3.8) is 0 Å². The molecule has 0 unspecified atom stereocenters. The van der Waals surface area contributed by atoms with Gasteiger partial charge in [0, 0.05) is 34.4 Å². The van der Waals surface area contributed by atoms with Crippen molar-refractivity contribution in [2.75, 3.05) is 11.1 Å². The van der Waals surface area contributed by atoms with Crippen LogP contribution in [0, 0.1) is 12.8 Å². The van der Waals surface area contributed by atoms with Crippen LogP contribution < -0.4 is 5.32 Å². The first-order valence-corrected chi connectivity index (χ1v) is 9.74. The molecule has 0 spiro atoms. The van der Waals surface area contributed by atoms with Crippen molar-refractivity contribution in [3.05, 3.63) is 46.1 Å². The van der Waals surface area contributed by atoms with Gasteiger partial charge in [-0.25, -0.2) is 13.4 Å². The number of carbonyl (C=O) groups is 1. The van der Waals surface area contributed by atoms with Gasteiger partial charge in [-0.05, 0) is 19.1 Å². The molecule has 1 atom stereocenters. The summed E-state index contributed by atoms with van der Waals surface area (Å²) in [6, 6.07) is 7.48. The second kappa shape index (κ2) is 6.25. The van der Waals surface area contributed by atoms with E-state index in [4.69, 9.17) is 0 Å². The lowest BCUT2D eigenvalue weighted by Crippen LogP contribution is -2.17. The highest BCUT2D eigenvalue weighted by molar-refractivity contribution is 7.94. The topological polar surface area (TPSA) is 76.1 Å². The van der Waals surface area contributed by atoms with Gasteiger partial charge in [-0.15, -0.1) is 11.3 Å². The van der Waals surface area contributed by atoms with Crippen LogP contribution in [-0.2, 0) is 14.6 Å². The highest BCUT2D eigenvalue weighted by Gasteiger charge is 2.23. The number of nitrogens with one attached hydrogen (secondary N) is 1. The minimum absolute atomic E-state index is 0.0125. The number of rotatable bonds is 4. The van der Waals surface area contributed by atoms with Crippen LogP contribution in [-0.4, -0.2) is 25.1 Å². The molecule has 0 radical (unpaired) electrons. The normalized spacial score (nSPS) is 18.9. The van der Waals surface area contributed by atoms with Gasteiger partial charge in [0.15, 0.2) is 9.84 Å². The molecule has 1 N–H and O–H groups in total. The Kier molecular flexibility index (Phi) is 4.32. The summed E-state index contributed by atoms with van der Waals surface area (Å²) in [6.07, 6.45) is 1.75. The summed E-state index contributed by atoms with van der Waals surface area (Å²) >= 11 is 1.58. The number of thiazole rings is 1. The van der Waals surface area contributed by atoms with E-state index in [9.17, 15) is 13.2 Å². The summed E-state index contributed by atoms with van der Waals surface area (Å²) in [7, 11) is -3.12. The Morgan fingerprint density at radius 3 is 2.91 bits per heavy atom. The molecule has 1 amide bonds. The fourth-order valence-corrected chi connectivity index (χ4v) is 4.49. The lowest BCUT2D eigenvalue weighted by molar-refractivity contribution is -0.116. The number of benzene rings is 1. The Labute approximate surface area is 139 Å². The number of allylic oxidation sites excluding steroid dienone is 1. The Morgan fingerprint density at radius 1 is 1.43 bits per heavy atom. The molecular formula is C16H16N2O3S2. The van der Waals surface area contributed by atoms with E-state index >= 15 is 0 Å². The Hall–Kier alpha value is -1.99. The van der Waals surface area contributed by atoms with Crippen LogP contribution >= 0.6 is 11.3 Å². The maximum absolute atomic E-state index is 12.1. The summed E-state index contributed by atoms with van der Waals surface area (Å²) in [6.45, 7) is 1.95. The SMILES string of the molecule is Cc1nc(-c2cccc(NC(=O)C[C@@H]3C=CS(=O)(=O)C3)c2)cs1. The van der Waals surface area contributed by atoms with E-state index < -0.39 is 9.84 Å². The van der Waals surface area contributed by atoms with E-state index in [2.05, 4.69) is 10.3 Å². The van der Waals surface area contributed by atoms with E-state index in [1.165, 1.54) is 5.41 Å². The Bertz CT molecular complexity index is 869. The molecule has 23 heavy (non-hydrogen) atoms. The molecule has 5 nitrogen and oxygen atoms in total. The number of anilines is 1. The molecule has 3 rings (SSSR count). The van der Waals surface area contributed by atoms with E-state index in [1.54, 1.807) is 17.4 Å². The Balaban J connectivity index is 1.66. The third-order valence-corrected chi connectivity index (χ3v) is 5.75. The molecule has 2 aromatic rings.